The van der Waals surface area contributed by atoms with E-state index in [4.69, 9.17) is 9.84 Å². The number of piperazine rings is 2. The predicted octanol–water partition coefficient (Wildman–Crippen LogP) is 0.706. The molecule has 9 nitrogen and oxygen atoms in total. The van der Waals surface area contributed by atoms with Crippen molar-refractivity contribution in [3.05, 3.63) is 0 Å². The molecule has 0 aromatic rings. The molecule has 3 saturated heterocycles. The maximum Gasteiger partial charge on any atom is 0.410 e. The van der Waals surface area contributed by atoms with Gasteiger partial charge in [0.2, 0.25) is 0 Å². The van der Waals surface area contributed by atoms with Crippen molar-refractivity contribution in [2.24, 2.45) is 0 Å². The predicted molar refractivity (Wildman–Crippen MR) is 119 cm³/mol. The van der Waals surface area contributed by atoms with E-state index in [2.05, 4.69) is 33.4 Å². The zero-order valence-corrected chi connectivity index (χ0v) is 19.4. The number of ether oxygens (including phenoxy) is 1. The zero-order valence-electron chi connectivity index (χ0n) is 19.4. The van der Waals surface area contributed by atoms with Crippen LogP contribution in [0.1, 0.15) is 33.1 Å². The molecular weight excluding hydrogens is 398 g/mol. The van der Waals surface area contributed by atoms with Crippen molar-refractivity contribution in [3.63, 3.8) is 0 Å². The minimum atomic E-state index is -0.722. The van der Waals surface area contributed by atoms with Crippen LogP contribution in [-0.2, 0) is 9.53 Å². The lowest BCUT2D eigenvalue weighted by molar-refractivity contribution is -0.137. The molecule has 3 aliphatic rings. The number of carboxylic acid groups (broad SMARTS) is 1. The number of carbonyl (C=O) groups excluding carboxylic acids is 1. The lowest BCUT2D eigenvalue weighted by Crippen LogP contribution is -2.49. The van der Waals surface area contributed by atoms with Gasteiger partial charge in [0.1, 0.15) is 6.10 Å². The Morgan fingerprint density at radius 1 is 0.935 bits per heavy atom. The smallest absolute Gasteiger partial charge is 0.410 e. The summed E-state index contributed by atoms with van der Waals surface area (Å²) < 4.78 is 5.62. The van der Waals surface area contributed by atoms with Gasteiger partial charge in [-0.15, -0.1) is 0 Å². The van der Waals surface area contributed by atoms with Crippen LogP contribution in [0.3, 0.4) is 0 Å². The molecule has 0 aromatic heterocycles. The summed E-state index contributed by atoms with van der Waals surface area (Å²) in [4.78, 5) is 34.5. The molecular formula is C22H41N5O4. The van der Waals surface area contributed by atoms with E-state index in [-0.39, 0.29) is 18.6 Å². The Kier molecular flexibility index (Phi) is 9.37. The first-order chi connectivity index (χ1) is 14.9. The average Bonchev–Trinajstić information content (AvgIpc) is 3.08. The maximum atomic E-state index is 12.3. The third-order valence-electron chi connectivity index (χ3n) is 6.78. The third kappa shape index (κ3) is 7.89. The molecule has 0 radical (unpaired) electrons. The van der Waals surface area contributed by atoms with Crippen molar-refractivity contribution in [2.75, 3.05) is 85.1 Å². The van der Waals surface area contributed by atoms with E-state index in [1.54, 1.807) is 0 Å². The van der Waals surface area contributed by atoms with Crippen molar-refractivity contribution in [1.82, 2.24) is 24.5 Å². The Balaban J connectivity index is 1.27. The van der Waals surface area contributed by atoms with Crippen LogP contribution in [0.5, 0.6) is 0 Å². The normalized spacial score (nSPS) is 24.8. The van der Waals surface area contributed by atoms with Gasteiger partial charge in [0, 0.05) is 77.9 Å². The number of cyclic esters (lactones) is 1. The summed E-state index contributed by atoms with van der Waals surface area (Å²) in [5, 5.41) is 8.76. The van der Waals surface area contributed by atoms with E-state index < -0.39 is 5.97 Å². The molecule has 0 aromatic carbocycles. The number of hydrogen-bond acceptors (Lipinski definition) is 7. The van der Waals surface area contributed by atoms with E-state index in [0.717, 1.165) is 85.0 Å². The number of amides is 1. The van der Waals surface area contributed by atoms with Gasteiger partial charge in [-0.1, -0.05) is 0 Å². The van der Waals surface area contributed by atoms with E-state index in [1.807, 2.05) is 4.90 Å². The Morgan fingerprint density at radius 2 is 1.52 bits per heavy atom. The van der Waals surface area contributed by atoms with Gasteiger partial charge in [0.05, 0.1) is 6.54 Å². The highest BCUT2D eigenvalue weighted by Gasteiger charge is 2.33. The molecule has 1 amide bonds. The van der Waals surface area contributed by atoms with Crippen LogP contribution in [-0.4, -0.2) is 139 Å². The van der Waals surface area contributed by atoms with Crippen LogP contribution in [0.15, 0.2) is 0 Å². The standard InChI is InChI=1S/C22H41N5O4/c1-19(2)26-15-13-24(14-16-26)7-4-8-27-18-20(31-22(27)30)17-25-11-9-23(10-12-25)6-3-5-21(28)29/h19-20H,3-18H2,1-2H3,(H,28,29). The fourth-order valence-electron chi connectivity index (χ4n) is 4.78. The first kappa shape index (κ1) is 24.2. The molecule has 3 fully saturated rings. The van der Waals surface area contributed by atoms with Gasteiger partial charge >= 0.3 is 12.1 Å². The molecule has 0 saturated carbocycles. The van der Waals surface area contributed by atoms with Crippen LogP contribution in [0.4, 0.5) is 4.79 Å². The molecule has 3 heterocycles. The number of carboxylic acids is 1. The summed E-state index contributed by atoms with van der Waals surface area (Å²) in [7, 11) is 0. The highest BCUT2D eigenvalue weighted by Crippen LogP contribution is 2.15. The lowest BCUT2D eigenvalue weighted by Gasteiger charge is -2.37. The number of hydrogen-bond donors (Lipinski definition) is 1. The lowest BCUT2D eigenvalue weighted by atomic mass is 10.2. The number of rotatable bonds is 11. The molecule has 0 aliphatic carbocycles. The molecule has 31 heavy (non-hydrogen) atoms. The van der Waals surface area contributed by atoms with E-state index in [1.165, 1.54) is 0 Å². The zero-order chi connectivity index (χ0) is 22.2. The maximum absolute atomic E-state index is 12.3. The molecule has 0 bridgehead atoms. The Bertz CT molecular complexity index is 574. The summed E-state index contributed by atoms with van der Waals surface area (Å²) in [5.74, 6) is -0.722. The van der Waals surface area contributed by atoms with Gasteiger partial charge in [-0.3, -0.25) is 14.6 Å². The highest BCUT2D eigenvalue weighted by atomic mass is 16.6. The van der Waals surface area contributed by atoms with Crippen molar-refractivity contribution in [2.45, 2.75) is 45.3 Å². The van der Waals surface area contributed by atoms with Gasteiger partial charge < -0.3 is 24.5 Å². The largest absolute Gasteiger partial charge is 0.481 e. The van der Waals surface area contributed by atoms with E-state index in [9.17, 15) is 9.59 Å². The summed E-state index contributed by atoms with van der Waals surface area (Å²) in [5.41, 5.74) is 0. The fraction of sp³-hybridized carbons (Fsp3) is 0.909. The molecule has 1 atom stereocenters. The Morgan fingerprint density at radius 3 is 2.13 bits per heavy atom. The quantitative estimate of drug-likeness (QED) is 0.504. The van der Waals surface area contributed by atoms with Crippen molar-refractivity contribution < 1.29 is 19.4 Å². The van der Waals surface area contributed by atoms with E-state index in [0.29, 0.717) is 19.0 Å². The summed E-state index contributed by atoms with van der Waals surface area (Å²) in [6.07, 6.45) is 1.74. The van der Waals surface area contributed by atoms with Crippen LogP contribution in [0.2, 0.25) is 0 Å². The second-order valence-electron chi connectivity index (χ2n) is 9.42. The Hall–Kier alpha value is -1.42. The third-order valence-corrected chi connectivity index (χ3v) is 6.78. The second kappa shape index (κ2) is 12.0. The molecule has 9 heteroatoms. The summed E-state index contributed by atoms with van der Waals surface area (Å²) in [6.45, 7) is 17.0. The molecule has 0 spiro atoms. The SMILES string of the molecule is CC(C)N1CCN(CCCN2CC(CN3CCN(CCCC(=O)O)CC3)OC2=O)CC1. The van der Waals surface area contributed by atoms with E-state index >= 15 is 0 Å². The fourth-order valence-corrected chi connectivity index (χ4v) is 4.78. The minimum Gasteiger partial charge on any atom is -0.481 e. The van der Waals surface area contributed by atoms with Crippen molar-refractivity contribution >= 4 is 12.1 Å². The van der Waals surface area contributed by atoms with Crippen LogP contribution >= 0.6 is 0 Å². The van der Waals surface area contributed by atoms with Gasteiger partial charge in [0.25, 0.3) is 0 Å². The molecule has 1 N–H and O–H groups in total. The molecule has 178 valence electrons. The minimum absolute atomic E-state index is 0.0411. The van der Waals surface area contributed by atoms with Gasteiger partial charge in [-0.05, 0) is 39.8 Å². The van der Waals surface area contributed by atoms with Gasteiger partial charge in [0.15, 0.2) is 0 Å². The number of nitrogens with zero attached hydrogens (tertiary/aromatic N) is 5. The van der Waals surface area contributed by atoms with Crippen LogP contribution < -0.4 is 0 Å². The van der Waals surface area contributed by atoms with Crippen molar-refractivity contribution in [1.29, 1.82) is 0 Å². The number of aliphatic carboxylic acids is 1. The van der Waals surface area contributed by atoms with Crippen molar-refractivity contribution in [3.8, 4) is 0 Å². The van der Waals surface area contributed by atoms with Gasteiger partial charge in [-0.25, -0.2) is 4.79 Å². The molecule has 3 rings (SSSR count). The average molecular weight is 440 g/mol. The first-order valence-corrected chi connectivity index (χ1v) is 12.0. The van der Waals surface area contributed by atoms with Crippen LogP contribution in [0.25, 0.3) is 0 Å². The monoisotopic (exact) mass is 439 g/mol. The molecule has 1 unspecified atom stereocenters. The first-order valence-electron chi connectivity index (χ1n) is 12.0. The topological polar surface area (TPSA) is 79.8 Å². The van der Waals surface area contributed by atoms with Gasteiger partial charge in [-0.2, -0.15) is 0 Å². The molecule has 3 aliphatic heterocycles. The number of carbonyl (C=O) groups is 2. The summed E-state index contributed by atoms with van der Waals surface area (Å²) >= 11 is 0. The highest BCUT2D eigenvalue weighted by molar-refractivity contribution is 5.69. The summed E-state index contributed by atoms with van der Waals surface area (Å²) in [6, 6.07) is 0.623. The van der Waals surface area contributed by atoms with Crippen LogP contribution in [0, 0.1) is 0 Å². The second-order valence-corrected chi connectivity index (χ2v) is 9.42. The Labute approximate surface area is 186 Å².